The lowest BCUT2D eigenvalue weighted by Crippen LogP contribution is -2.30. The van der Waals surface area contributed by atoms with Crippen LogP contribution < -0.4 is 5.32 Å². The normalized spacial score (nSPS) is 14.6. The van der Waals surface area contributed by atoms with Crippen LogP contribution in [-0.2, 0) is 16.0 Å². The highest BCUT2D eigenvalue weighted by molar-refractivity contribution is 5.87. The van der Waals surface area contributed by atoms with E-state index in [4.69, 9.17) is 4.52 Å². The fourth-order valence-corrected chi connectivity index (χ4v) is 3.51. The minimum absolute atomic E-state index is 0.172. The van der Waals surface area contributed by atoms with Crippen molar-refractivity contribution in [2.75, 3.05) is 0 Å². The van der Waals surface area contributed by atoms with Crippen LogP contribution in [0.1, 0.15) is 61.3 Å². The Balaban J connectivity index is 1.39. The van der Waals surface area contributed by atoms with E-state index in [0.29, 0.717) is 24.7 Å². The first-order valence-electron chi connectivity index (χ1n) is 9.91. The first-order chi connectivity index (χ1) is 14.1. The van der Waals surface area contributed by atoms with Crippen molar-refractivity contribution < 1.29 is 19.2 Å². The number of nitrogens with one attached hydrogen (secondary N) is 1. The number of carboxylic acids is 1. The van der Waals surface area contributed by atoms with E-state index in [1.54, 1.807) is 0 Å². The van der Waals surface area contributed by atoms with Gasteiger partial charge in [-0.2, -0.15) is 4.98 Å². The number of aromatic nitrogens is 2. The van der Waals surface area contributed by atoms with E-state index in [0.717, 1.165) is 35.0 Å². The maximum atomic E-state index is 12.5. The van der Waals surface area contributed by atoms with Gasteiger partial charge >= 0.3 is 5.97 Å². The van der Waals surface area contributed by atoms with Gasteiger partial charge in [0.25, 0.3) is 0 Å². The summed E-state index contributed by atoms with van der Waals surface area (Å²) in [5.74, 6) is 0.610. The number of fused-ring (bicyclic) bond motifs is 1. The molecule has 1 fully saturated rings. The molecule has 1 aliphatic carbocycles. The first kappa shape index (κ1) is 19.1. The van der Waals surface area contributed by atoms with Gasteiger partial charge in [-0.1, -0.05) is 47.6 Å². The van der Waals surface area contributed by atoms with E-state index < -0.39 is 12.0 Å². The van der Waals surface area contributed by atoms with Gasteiger partial charge in [0.15, 0.2) is 5.82 Å². The second kappa shape index (κ2) is 8.43. The predicted octanol–water partition coefficient (Wildman–Crippen LogP) is 3.76. The minimum Gasteiger partial charge on any atom is -0.481 e. The molecule has 0 bridgehead atoms. The fourth-order valence-electron chi connectivity index (χ4n) is 3.51. The predicted molar refractivity (Wildman–Crippen MR) is 106 cm³/mol. The van der Waals surface area contributed by atoms with Crippen LogP contribution in [0.5, 0.6) is 0 Å². The van der Waals surface area contributed by atoms with E-state index >= 15 is 0 Å². The number of amides is 1. The van der Waals surface area contributed by atoms with E-state index in [9.17, 15) is 14.7 Å². The largest absolute Gasteiger partial charge is 0.481 e. The second-order valence-electron chi connectivity index (χ2n) is 7.46. The number of carboxylic acid groups (broad SMARTS) is 1. The highest BCUT2D eigenvalue weighted by Gasteiger charge is 2.28. The van der Waals surface area contributed by atoms with Gasteiger partial charge in [-0.15, -0.1) is 0 Å². The van der Waals surface area contributed by atoms with Crippen LogP contribution in [0.4, 0.5) is 0 Å². The molecule has 0 unspecified atom stereocenters. The van der Waals surface area contributed by atoms with Crippen LogP contribution in [0.15, 0.2) is 47.0 Å². The molecular formula is C22H23N3O4. The molecule has 0 saturated heterocycles. The van der Waals surface area contributed by atoms with Crippen molar-refractivity contribution in [3.8, 4) is 0 Å². The zero-order valence-corrected chi connectivity index (χ0v) is 16.0. The van der Waals surface area contributed by atoms with Crippen molar-refractivity contribution in [3.05, 3.63) is 59.7 Å². The molecule has 1 saturated carbocycles. The van der Waals surface area contributed by atoms with E-state index in [1.165, 1.54) is 0 Å². The summed E-state index contributed by atoms with van der Waals surface area (Å²) in [4.78, 5) is 28.2. The Bertz CT molecular complexity index is 1020. The van der Waals surface area contributed by atoms with Gasteiger partial charge in [-0.3, -0.25) is 9.59 Å². The molecule has 0 aliphatic heterocycles. The third kappa shape index (κ3) is 4.80. The Kier molecular flexibility index (Phi) is 5.55. The molecule has 2 aromatic carbocycles. The number of rotatable bonds is 9. The zero-order valence-electron chi connectivity index (χ0n) is 16.0. The van der Waals surface area contributed by atoms with Crippen LogP contribution in [0.2, 0.25) is 0 Å². The molecule has 7 nitrogen and oxygen atoms in total. The summed E-state index contributed by atoms with van der Waals surface area (Å²) in [6.45, 7) is 0. The SMILES string of the molecule is O=C(O)C[C@@H](NC(=O)CCCc1nc(C2CC2)no1)c1cccc2ccccc12. The van der Waals surface area contributed by atoms with Crippen LogP contribution in [0, 0.1) is 0 Å². The molecule has 3 aromatic rings. The van der Waals surface area contributed by atoms with E-state index in [1.807, 2.05) is 42.5 Å². The minimum atomic E-state index is -0.957. The summed E-state index contributed by atoms with van der Waals surface area (Å²) in [5, 5.41) is 18.1. The monoisotopic (exact) mass is 393 g/mol. The third-order valence-electron chi connectivity index (χ3n) is 5.13. The number of aliphatic carboxylic acids is 1. The molecule has 1 aromatic heterocycles. The quantitative estimate of drug-likeness (QED) is 0.573. The van der Waals surface area contributed by atoms with E-state index in [2.05, 4.69) is 15.5 Å². The molecule has 1 amide bonds. The van der Waals surface area contributed by atoms with Crippen molar-refractivity contribution in [2.24, 2.45) is 0 Å². The van der Waals surface area contributed by atoms with Gasteiger partial charge in [0, 0.05) is 18.8 Å². The smallest absolute Gasteiger partial charge is 0.305 e. The second-order valence-corrected chi connectivity index (χ2v) is 7.46. The van der Waals surface area contributed by atoms with E-state index in [-0.39, 0.29) is 18.7 Å². The Labute approximate surface area is 168 Å². The summed E-state index contributed by atoms with van der Waals surface area (Å²) >= 11 is 0. The summed E-state index contributed by atoms with van der Waals surface area (Å²) < 4.78 is 5.23. The molecule has 0 spiro atoms. The molecule has 1 aliphatic rings. The first-order valence-corrected chi connectivity index (χ1v) is 9.91. The van der Waals surface area contributed by atoms with Crippen molar-refractivity contribution in [1.82, 2.24) is 15.5 Å². The van der Waals surface area contributed by atoms with Crippen LogP contribution >= 0.6 is 0 Å². The molecule has 1 atom stereocenters. The van der Waals surface area contributed by atoms with Gasteiger partial charge in [-0.05, 0) is 35.6 Å². The molecule has 29 heavy (non-hydrogen) atoms. The average Bonchev–Trinajstić information content (AvgIpc) is 3.45. The standard InChI is InChI=1S/C22H23N3O4/c26-19(9-4-10-20-24-22(25-29-20)15-11-12-15)23-18(13-21(27)28)17-8-3-6-14-5-1-2-7-16(14)17/h1-3,5-8,15,18H,4,9-13H2,(H,23,26)(H,27,28)/t18-/m1/s1. The zero-order chi connectivity index (χ0) is 20.2. The van der Waals surface area contributed by atoms with Gasteiger partial charge < -0.3 is 14.9 Å². The number of hydrogen-bond acceptors (Lipinski definition) is 5. The number of aryl methyl sites for hydroxylation is 1. The number of carbonyl (C=O) groups is 2. The Morgan fingerprint density at radius 2 is 1.97 bits per heavy atom. The number of hydrogen-bond donors (Lipinski definition) is 2. The van der Waals surface area contributed by atoms with Gasteiger partial charge in [0.05, 0.1) is 12.5 Å². The Hall–Kier alpha value is -3.22. The highest BCUT2D eigenvalue weighted by atomic mass is 16.5. The van der Waals surface area contributed by atoms with Crippen molar-refractivity contribution in [2.45, 2.75) is 50.5 Å². The molecule has 2 N–H and O–H groups in total. The lowest BCUT2D eigenvalue weighted by molar-refractivity contribution is -0.137. The van der Waals surface area contributed by atoms with Crippen molar-refractivity contribution in [3.63, 3.8) is 0 Å². The molecule has 0 radical (unpaired) electrons. The van der Waals surface area contributed by atoms with Crippen molar-refractivity contribution >= 4 is 22.6 Å². The molecule has 7 heteroatoms. The lowest BCUT2D eigenvalue weighted by Gasteiger charge is -2.19. The summed E-state index contributed by atoms with van der Waals surface area (Å²) in [6, 6.07) is 12.9. The maximum Gasteiger partial charge on any atom is 0.305 e. The summed E-state index contributed by atoms with van der Waals surface area (Å²) in [5.41, 5.74) is 0.810. The van der Waals surface area contributed by atoms with Gasteiger partial charge in [0.1, 0.15) is 0 Å². The molecule has 150 valence electrons. The topological polar surface area (TPSA) is 105 Å². The average molecular weight is 393 g/mol. The van der Waals surface area contributed by atoms with Crippen molar-refractivity contribution in [1.29, 1.82) is 0 Å². The number of benzene rings is 2. The number of carbonyl (C=O) groups excluding carboxylic acids is 1. The van der Waals surface area contributed by atoms with Gasteiger partial charge in [0.2, 0.25) is 11.8 Å². The van der Waals surface area contributed by atoms with Gasteiger partial charge in [-0.25, -0.2) is 0 Å². The maximum absolute atomic E-state index is 12.5. The summed E-state index contributed by atoms with van der Waals surface area (Å²) in [7, 11) is 0. The van der Waals surface area contributed by atoms with Crippen LogP contribution in [0.3, 0.4) is 0 Å². The molecule has 1 heterocycles. The Morgan fingerprint density at radius 1 is 1.17 bits per heavy atom. The molecular weight excluding hydrogens is 370 g/mol. The number of nitrogens with zero attached hydrogens (tertiary/aromatic N) is 2. The molecule has 4 rings (SSSR count). The fraction of sp³-hybridized carbons (Fsp3) is 0.364. The van der Waals surface area contributed by atoms with Crippen LogP contribution in [0.25, 0.3) is 10.8 Å². The third-order valence-corrected chi connectivity index (χ3v) is 5.13. The Morgan fingerprint density at radius 3 is 2.76 bits per heavy atom. The van der Waals surface area contributed by atoms with Crippen LogP contribution in [-0.4, -0.2) is 27.1 Å². The summed E-state index contributed by atoms with van der Waals surface area (Å²) in [6.07, 6.45) is 3.41. The lowest BCUT2D eigenvalue weighted by atomic mass is 9.96. The highest BCUT2D eigenvalue weighted by Crippen LogP contribution is 2.38.